The summed E-state index contributed by atoms with van der Waals surface area (Å²) in [5.41, 5.74) is 4.03. The summed E-state index contributed by atoms with van der Waals surface area (Å²) in [4.78, 5) is 0. The summed E-state index contributed by atoms with van der Waals surface area (Å²) < 4.78 is 6.46. The summed E-state index contributed by atoms with van der Waals surface area (Å²) in [6.45, 7) is 0. The molecule has 0 aromatic heterocycles. The highest BCUT2D eigenvalue weighted by Gasteiger charge is 2.42. The third kappa shape index (κ3) is 2.57. The van der Waals surface area contributed by atoms with Crippen LogP contribution < -0.4 is 4.74 Å². The second kappa shape index (κ2) is 6.63. The van der Waals surface area contributed by atoms with Crippen molar-refractivity contribution in [1.29, 1.82) is 0 Å². The molecule has 30 heavy (non-hydrogen) atoms. The Morgan fingerprint density at radius 3 is 2.50 bits per heavy atom. The number of phenols is 1. The lowest BCUT2D eigenvalue weighted by Crippen LogP contribution is -2.33. The average molecular weight is 392 g/mol. The molecular formula is C26H20N2O2. The van der Waals surface area contributed by atoms with Crippen LogP contribution in [0.25, 0.3) is 10.8 Å². The van der Waals surface area contributed by atoms with Crippen LogP contribution in [0.4, 0.5) is 0 Å². The topological polar surface area (TPSA) is 45.1 Å². The quantitative estimate of drug-likeness (QED) is 0.470. The number of hydrogen-bond acceptors (Lipinski definition) is 4. The van der Waals surface area contributed by atoms with Crippen molar-refractivity contribution >= 4 is 16.5 Å². The summed E-state index contributed by atoms with van der Waals surface area (Å²) >= 11 is 0. The van der Waals surface area contributed by atoms with Crippen LogP contribution in [-0.4, -0.2) is 15.8 Å². The SMILES string of the molecule is Oc1ccc2ccccc2c1[C@H]1Oc2ccccc2[C@H]2CC(c3ccccc3)=NN21. The zero-order valence-corrected chi connectivity index (χ0v) is 16.3. The summed E-state index contributed by atoms with van der Waals surface area (Å²) in [7, 11) is 0. The van der Waals surface area contributed by atoms with Crippen LogP contribution in [0.5, 0.6) is 11.5 Å². The minimum Gasteiger partial charge on any atom is -0.507 e. The van der Waals surface area contributed by atoms with E-state index >= 15 is 0 Å². The fourth-order valence-electron chi connectivity index (χ4n) is 4.57. The van der Waals surface area contributed by atoms with Crippen molar-refractivity contribution in [2.24, 2.45) is 5.10 Å². The molecule has 0 spiro atoms. The largest absolute Gasteiger partial charge is 0.507 e. The summed E-state index contributed by atoms with van der Waals surface area (Å²) in [5.74, 6) is 1.07. The highest BCUT2D eigenvalue weighted by molar-refractivity contribution is 6.02. The van der Waals surface area contributed by atoms with Gasteiger partial charge in [-0.05, 0) is 28.5 Å². The standard InChI is InChI=1S/C26H20N2O2/c29-23-15-14-17-8-4-5-11-19(17)25(23)26-28-22(20-12-6-7-13-24(20)30-26)16-21(27-28)18-9-2-1-3-10-18/h1-15,22,26,29H,16H2/t22-,26-/m1/s1. The molecule has 6 rings (SSSR count). The number of nitrogens with zero attached hydrogens (tertiary/aromatic N) is 2. The average Bonchev–Trinajstić information content (AvgIpc) is 3.25. The minimum atomic E-state index is -0.503. The number of hydrogen-bond donors (Lipinski definition) is 1. The van der Waals surface area contributed by atoms with Crippen LogP contribution in [0.15, 0.2) is 96.1 Å². The number of para-hydroxylation sites is 1. The molecule has 4 aromatic carbocycles. The molecule has 2 aliphatic rings. The first kappa shape index (κ1) is 17.1. The predicted molar refractivity (Wildman–Crippen MR) is 118 cm³/mol. The lowest BCUT2D eigenvalue weighted by atomic mass is 9.95. The molecule has 1 N–H and O–H groups in total. The van der Waals surface area contributed by atoms with E-state index in [9.17, 15) is 5.11 Å². The molecule has 2 aliphatic heterocycles. The lowest BCUT2D eigenvalue weighted by molar-refractivity contribution is -0.0193. The maximum absolute atomic E-state index is 10.9. The molecule has 4 nitrogen and oxygen atoms in total. The third-order valence-electron chi connectivity index (χ3n) is 6.00. The Morgan fingerprint density at radius 2 is 1.60 bits per heavy atom. The Balaban J connectivity index is 1.55. The number of hydrazone groups is 1. The van der Waals surface area contributed by atoms with Crippen molar-refractivity contribution in [3.05, 3.63) is 108 Å². The fourth-order valence-corrected chi connectivity index (χ4v) is 4.57. The lowest BCUT2D eigenvalue weighted by Gasteiger charge is -2.38. The number of ether oxygens (including phenoxy) is 1. The first-order valence-corrected chi connectivity index (χ1v) is 10.2. The van der Waals surface area contributed by atoms with Crippen LogP contribution in [0.2, 0.25) is 0 Å². The van der Waals surface area contributed by atoms with Gasteiger partial charge in [0.25, 0.3) is 0 Å². The van der Waals surface area contributed by atoms with Gasteiger partial charge in [-0.15, -0.1) is 0 Å². The third-order valence-corrected chi connectivity index (χ3v) is 6.00. The van der Waals surface area contributed by atoms with Gasteiger partial charge in [-0.25, -0.2) is 5.01 Å². The highest BCUT2D eigenvalue weighted by Crippen LogP contribution is 2.49. The fraction of sp³-hybridized carbons (Fsp3) is 0.115. The van der Waals surface area contributed by atoms with E-state index in [1.807, 2.05) is 65.7 Å². The van der Waals surface area contributed by atoms with Crippen molar-refractivity contribution in [2.45, 2.75) is 18.7 Å². The van der Waals surface area contributed by atoms with Crippen LogP contribution in [-0.2, 0) is 0 Å². The van der Waals surface area contributed by atoms with E-state index in [1.165, 1.54) is 0 Å². The molecule has 0 radical (unpaired) electrons. The van der Waals surface area contributed by atoms with Crippen LogP contribution in [0, 0.1) is 0 Å². The molecule has 2 heterocycles. The van der Waals surface area contributed by atoms with E-state index in [-0.39, 0.29) is 11.8 Å². The first-order valence-electron chi connectivity index (χ1n) is 10.2. The van der Waals surface area contributed by atoms with Gasteiger partial charge in [0.05, 0.1) is 17.3 Å². The van der Waals surface area contributed by atoms with Gasteiger partial charge in [-0.1, -0.05) is 78.9 Å². The van der Waals surface area contributed by atoms with Gasteiger partial charge in [0.2, 0.25) is 6.23 Å². The van der Waals surface area contributed by atoms with E-state index in [2.05, 4.69) is 24.3 Å². The number of aromatic hydroxyl groups is 1. The predicted octanol–water partition coefficient (Wildman–Crippen LogP) is 5.79. The van der Waals surface area contributed by atoms with Gasteiger partial charge < -0.3 is 9.84 Å². The zero-order valence-electron chi connectivity index (χ0n) is 16.3. The van der Waals surface area contributed by atoms with E-state index in [0.29, 0.717) is 0 Å². The molecule has 0 aliphatic carbocycles. The Hall–Kier alpha value is -3.79. The first-order chi connectivity index (χ1) is 14.8. The maximum Gasteiger partial charge on any atom is 0.218 e. The van der Waals surface area contributed by atoms with Crippen LogP contribution in [0.1, 0.15) is 35.4 Å². The molecule has 0 fully saturated rings. The molecule has 146 valence electrons. The Morgan fingerprint density at radius 1 is 0.833 bits per heavy atom. The van der Waals surface area contributed by atoms with E-state index in [0.717, 1.165) is 45.3 Å². The minimum absolute atomic E-state index is 0.0634. The zero-order chi connectivity index (χ0) is 20.1. The Kier molecular flexibility index (Phi) is 3.78. The van der Waals surface area contributed by atoms with Gasteiger partial charge in [0.15, 0.2) is 0 Å². The molecule has 0 unspecified atom stereocenters. The summed E-state index contributed by atoms with van der Waals surface area (Å²) in [5, 5.41) is 19.9. The molecule has 0 bridgehead atoms. The van der Waals surface area contributed by atoms with Gasteiger partial charge in [-0.3, -0.25) is 0 Å². The second-order valence-corrected chi connectivity index (χ2v) is 7.74. The van der Waals surface area contributed by atoms with Crippen molar-refractivity contribution in [3.63, 3.8) is 0 Å². The van der Waals surface area contributed by atoms with Gasteiger partial charge in [-0.2, -0.15) is 5.10 Å². The molecular weight excluding hydrogens is 372 g/mol. The summed E-state index contributed by atoms with van der Waals surface area (Å²) in [6.07, 6.45) is 0.295. The van der Waals surface area contributed by atoms with Crippen molar-refractivity contribution < 1.29 is 9.84 Å². The Bertz CT molecular complexity index is 1280. The van der Waals surface area contributed by atoms with Crippen LogP contribution >= 0.6 is 0 Å². The van der Waals surface area contributed by atoms with Gasteiger partial charge in [0, 0.05) is 12.0 Å². The van der Waals surface area contributed by atoms with Crippen LogP contribution in [0.3, 0.4) is 0 Å². The number of benzene rings is 4. The van der Waals surface area contributed by atoms with Crippen molar-refractivity contribution in [2.75, 3.05) is 0 Å². The smallest absolute Gasteiger partial charge is 0.218 e. The molecule has 0 saturated carbocycles. The normalized spacial score (nSPS) is 19.7. The monoisotopic (exact) mass is 392 g/mol. The van der Waals surface area contributed by atoms with Gasteiger partial charge >= 0.3 is 0 Å². The number of fused-ring (bicyclic) bond motifs is 4. The molecule has 0 amide bonds. The molecule has 4 heteroatoms. The van der Waals surface area contributed by atoms with E-state index in [1.54, 1.807) is 6.07 Å². The van der Waals surface area contributed by atoms with Crippen molar-refractivity contribution in [3.8, 4) is 11.5 Å². The molecule has 4 aromatic rings. The summed E-state index contributed by atoms with van der Waals surface area (Å²) in [6, 6.07) is 30.2. The molecule has 2 atom stereocenters. The maximum atomic E-state index is 10.9. The van der Waals surface area contributed by atoms with E-state index in [4.69, 9.17) is 9.84 Å². The second-order valence-electron chi connectivity index (χ2n) is 7.74. The Labute approximate surface area is 174 Å². The number of phenolic OH excluding ortho intramolecular Hbond substituents is 1. The highest BCUT2D eigenvalue weighted by atomic mass is 16.5. The molecule has 0 saturated heterocycles. The van der Waals surface area contributed by atoms with Crippen molar-refractivity contribution in [1.82, 2.24) is 5.01 Å². The number of rotatable bonds is 2. The van der Waals surface area contributed by atoms with Gasteiger partial charge in [0.1, 0.15) is 11.5 Å². The van der Waals surface area contributed by atoms with E-state index < -0.39 is 6.23 Å².